The van der Waals surface area contributed by atoms with Crippen LogP contribution in [0.4, 0.5) is 11.5 Å². The van der Waals surface area contributed by atoms with Crippen LogP contribution in [-0.4, -0.2) is 21.6 Å². The van der Waals surface area contributed by atoms with Crippen molar-refractivity contribution in [2.75, 3.05) is 10.6 Å². The standard InChI is InChI=1S/C20H26N4O2/c1-13(2)14-8-10-16(11-9-14)21-20(26)17-12-18(24(3)23-17)22-19(25)15-6-4-5-7-15/h8-13,15H,4-7H2,1-3H3,(H,21,26)(H,22,25). The second-order valence-electron chi connectivity index (χ2n) is 7.24. The van der Waals surface area contributed by atoms with Crippen molar-refractivity contribution in [2.45, 2.75) is 45.4 Å². The lowest BCUT2D eigenvalue weighted by Crippen LogP contribution is -2.21. The number of hydrogen-bond acceptors (Lipinski definition) is 3. The lowest BCUT2D eigenvalue weighted by atomic mass is 10.0. The Bertz CT molecular complexity index is 787. The minimum Gasteiger partial charge on any atom is -0.321 e. The SMILES string of the molecule is CC(C)c1ccc(NC(=O)c2cc(NC(=O)C3CCCC3)n(C)n2)cc1. The molecule has 0 unspecified atom stereocenters. The Morgan fingerprint density at radius 3 is 2.38 bits per heavy atom. The number of hydrogen-bond donors (Lipinski definition) is 2. The molecule has 2 N–H and O–H groups in total. The summed E-state index contributed by atoms with van der Waals surface area (Å²) in [6.45, 7) is 4.26. The van der Waals surface area contributed by atoms with Crippen LogP contribution in [0.3, 0.4) is 0 Å². The third-order valence-electron chi connectivity index (χ3n) is 4.92. The van der Waals surface area contributed by atoms with Gasteiger partial charge in [0, 0.05) is 24.7 Å². The zero-order valence-corrected chi connectivity index (χ0v) is 15.6. The van der Waals surface area contributed by atoms with E-state index in [4.69, 9.17) is 0 Å². The van der Waals surface area contributed by atoms with E-state index in [0.717, 1.165) is 31.4 Å². The molecule has 0 saturated heterocycles. The minimum atomic E-state index is -0.292. The number of rotatable bonds is 5. The predicted octanol–water partition coefficient (Wildman–Crippen LogP) is 3.92. The van der Waals surface area contributed by atoms with Crippen LogP contribution in [-0.2, 0) is 11.8 Å². The van der Waals surface area contributed by atoms with Gasteiger partial charge in [-0.2, -0.15) is 5.10 Å². The number of benzene rings is 1. The Labute approximate surface area is 154 Å². The lowest BCUT2D eigenvalue weighted by Gasteiger charge is -2.09. The average Bonchev–Trinajstić information content (AvgIpc) is 3.26. The molecule has 6 heteroatoms. The van der Waals surface area contributed by atoms with E-state index in [1.165, 1.54) is 10.2 Å². The largest absolute Gasteiger partial charge is 0.321 e. The number of amides is 2. The molecule has 1 saturated carbocycles. The Hall–Kier alpha value is -2.63. The summed E-state index contributed by atoms with van der Waals surface area (Å²) in [5, 5.41) is 9.96. The summed E-state index contributed by atoms with van der Waals surface area (Å²) >= 11 is 0. The summed E-state index contributed by atoms with van der Waals surface area (Å²) < 4.78 is 1.53. The van der Waals surface area contributed by atoms with E-state index in [1.54, 1.807) is 13.1 Å². The molecule has 1 heterocycles. The molecule has 26 heavy (non-hydrogen) atoms. The van der Waals surface area contributed by atoms with Gasteiger partial charge in [-0.15, -0.1) is 0 Å². The Morgan fingerprint density at radius 1 is 1.12 bits per heavy atom. The van der Waals surface area contributed by atoms with E-state index < -0.39 is 0 Å². The number of nitrogens with zero attached hydrogens (tertiary/aromatic N) is 2. The third-order valence-corrected chi connectivity index (χ3v) is 4.92. The summed E-state index contributed by atoms with van der Waals surface area (Å²) in [6, 6.07) is 9.40. The molecule has 3 rings (SSSR count). The van der Waals surface area contributed by atoms with E-state index in [-0.39, 0.29) is 23.4 Å². The number of aromatic nitrogens is 2. The molecule has 1 aromatic heterocycles. The molecule has 0 bridgehead atoms. The highest BCUT2D eigenvalue weighted by Crippen LogP contribution is 2.26. The van der Waals surface area contributed by atoms with Crippen molar-refractivity contribution in [1.29, 1.82) is 0 Å². The first-order valence-electron chi connectivity index (χ1n) is 9.20. The first-order chi connectivity index (χ1) is 12.4. The van der Waals surface area contributed by atoms with E-state index >= 15 is 0 Å². The Balaban J connectivity index is 1.65. The van der Waals surface area contributed by atoms with Crippen LogP contribution in [0, 0.1) is 5.92 Å². The van der Waals surface area contributed by atoms with E-state index in [0.29, 0.717) is 11.7 Å². The fourth-order valence-electron chi connectivity index (χ4n) is 3.26. The number of carbonyl (C=O) groups excluding carboxylic acids is 2. The van der Waals surface area contributed by atoms with E-state index in [2.05, 4.69) is 29.6 Å². The number of nitrogens with one attached hydrogen (secondary N) is 2. The van der Waals surface area contributed by atoms with E-state index in [1.807, 2.05) is 24.3 Å². The van der Waals surface area contributed by atoms with Gasteiger partial charge in [-0.3, -0.25) is 14.3 Å². The van der Waals surface area contributed by atoms with Crippen LogP contribution in [0.2, 0.25) is 0 Å². The van der Waals surface area contributed by atoms with Gasteiger partial charge in [0.2, 0.25) is 5.91 Å². The summed E-state index contributed by atoms with van der Waals surface area (Å²) in [6.07, 6.45) is 4.08. The minimum absolute atomic E-state index is 0.0155. The van der Waals surface area contributed by atoms with Gasteiger partial charge in [-0.1, -0.05) is 38.8 Å². The zero-order chi connectivity index (χ0) is 18.7. The second-order valence-corrected chi connectivity index (χ2v) is 7.24. The maximum absolute atomic E-state index is 12.4. The molecule has 1 fully saturated rings. The highest BCUT2D eigenvalue weighted by atomic mass is 16.2. The molecular weight excluding hydrogens is 328 g/mol. The van der Waals surface area contributed by atoms with Gasteiger partial charge in [0.15, 0.2) is 5.69 Å². The maximum Gasteiger partial charge on any atom is 0.276 e. The van der Waals surface area contributed by atoms with Crippen molar-refractivity contribution in [2.24, 2.45) is 13.0 Å². The molecule has 0 spiro atoms. The lowest BCUT2D eigenvalue weighted by molar-refractivity contribution is -0.119. The second kappa shape index (κ2) is 7.72. The summed E-state index contributed by atoms with van der Waals surface area (Å²) in [5.74, 6) is 0.784. The molecule has 1 aliphatic carbocycles. The van der Waals surface area contributed by atoms with Crippen molar-refractivity contribution < 1.29 is 9.59 Å². The fourth-order valence-corrected chi connectivity index (χ4v) is 3.26. The van der Waals surface area contributed by atoms with Gasteiger partial charge in [0.05, 0.1) is 0 Å². The predicted molar refractivity (Wildman–Crippen MR) is 102 cm³/mol. The van der Waals surface area contributed by atoms with Gasteiger partial charge in [0.25, 0.3) is 5.91 Å². The molecular formula is C20H26N4O2. The molecule has 0 radical (unpaired) electrons. The topological polar surface area (TPSA) is 76.0 Å². The monoisotopic (exact) mass is 354 g/mol. The number of aryl methyl sites for hydroxylation is 1. The first kappa shape index (κ1) is 18.2. The number of carbonyl (C=O) groups is 2. The molecule has 6 nitrogen and oxygen atoms in total. The summed E-state index contributed by atoms with van der Waals surface area (Å²) in [4.78, 5) is 24.7. The van der Waals surface area contributed by atoms with Crippen molar-refractivity contribution >= 4 is 23.3 Å². The van der Waals surface area contributed by atoms with Crippen molar-refractivity contribution in [1.82, 2.24) is 9.78 Å². The summed E-state index contributed by atoms with van der Waals surface area (Å²) in [5.41, 5.74) is 2.22. The molecule has 1 aliphatic rings. The van der Waals surface area contributed by atoms with Gasteiger partial charge in [0.1, 0.15) is 5.82 Å². The van der Waals surface area contributed by atoms with Gasteiger partial charge in [-0.05, 0) is 36.5 Å². The quantitative estimate of drug-likeness (QED) is 0.854. The van der Waals surface area contributed by atoms with Crippen molar-refractivity contribution in [3.63, 3.8) is 0 Å². The van der Waals surface area contributed by atoms with Crippen LogP contribution in [0.25, 0.3) is 0 Å². The number of anilines is 2. The fraction of sp³-hybridized carbons (Fsp3) is 0.450. The summed E-state index contributed by atoms with van der Waals surface area (Å²) in [7, 11) is 1.72. The Morgan fingerprint density at radius 2 is 1.77 bits per heavy atom. The van der Waals surface area contributed by atoms with Crippen LogP contribution < -0.4 is 10.6 Å². The highest BCUT2D eigenvalue weighted by Gasteiger charge is 2.24. The van der Waals surface area contributed by atoms with Gasteiger partial charge < -0.3 is 10.6 Å². The highest BCUT2D eigenvalue weighted by molar-refractivity contribution is 6.04. The first-order valence-corrected chi connectivity index (χ1v) is 9.20. The van der Waals surface area contributed by atoms with Crippen LogP contribution in [0.15, 0.2) is 30.3 Å². The normalized spacial score (nSPS) is 14.6. The van der Waals surface area contributed by atoms with Crippen LogP contribution >= 0.6 is 0 Å². The smallest absolute Gasteiger partial charge is 0.276 e. The van der Waals surface area contributed by atoms with Gasteiger partial charge in [-0.25, -0.2) is 0 Å². The maximum atomic E-state index is 12.4. The average molecular weight is 354 g/mol. The van der Waals surface area contributed by atoms with E-state index in [9.17, 15) is 9.59 Å². The van der Waals surface area contributed by atoms with Crippen molar-refractivity contribution in [3.8, 4) is 0 Å². The zero-order valence-electron chi connectivity index (χ0n) is 15.6. The van der Waals surface area contributed by atoms with Crippen LogP contribution in [0.5, 0.6) is 0 Å². The molecule has 1 aromatic carbocycles. The molecule has 138 valence electrons. The Kier molecular flexibility index (Phi) is 5.40. The third kappa shape index (κ3) is 4.12. The molecule has 0 aliphatic heterocycles. The van der Waals surface area contributed by atoms with Gasteiger partial charge >= 0.3 is 0 Å². The molecule has 2 amide bonds. The van der Waals surface area contributed by atoms with Crippen molar-refractivity contribution in [3.05, 3.63) is 41.6 Å². The molecule has 0 atom stereocenters. The van der Waals surface area contributed by atoms with Crippen LogP contribution in [0.1, 0.15) is 61.5 Å². The molecule has 2 aromatic rings.